The second kappa shape index (κ2) is 6.75. The van der Waals surface area contributed by atoms with Gasteiger partial charge in [0.15, 0.2) is 0 Å². The molecule has 0 spiro atoms. The van der Waals surface area contributed by atoms with Crippen LogP contribution in [0.25, 0.3) is 11.1 Å². The number of hydrogen-bond donors (Lipinski definition) is 2. The van der Waals surface area contributed by atoms with Gasteiger partial charge in [-0.05, 0) is 41.8 Å². The molecule has 0 aliphatic carbocycles. The number of hydrogen-bond acceptors (Lipinski definition) is 3. The monoisotopic (exact) mass is 314 g/mol. The number of carbonyl (C=O) groups excluding carboxylic acids is 2. The third kappa shape index (κ3) is 3.36. The van der Waals surface area contributed by atoms with Gasteiger partial charge in [-0.1, -0.05) is 30.3 Å². The number of carbonyl (C=O) groups is 2. The van der Waals surface area contributed by atoms with Gasteiger partial charge in [-0.3, -0.25) is 9.59 Å². The smallest absolute Gasteiger partial charge is 0.262 e. The van der Waals surface area contributed by atoms with Crippen LogP contribution >= 0.6 is 11.3 Å². The van der Waals surface area contributed by atoms with Crippen molar-refractivity contribution in [1.82, 2.24) is 10.6 Å². The van der Waals surface area contributed by atoms with Crippen molar-refractivity contribution in [3.05, 3.63) is 46.7 Å². The summed E-state index contributed by atoms with van der Waals surface area (Å²) < 4.78 is 0. The van der Waals surface area contributed by atoms with Gasteiger partial charge in [0.1, 0.15) is 6.04 Å². The van der Waals surface area contributed by atoms with E-state index in [-0.39, 0.29) is 11.8 Å². The van der Waals surface area contributed by atoms with Crippen molar-refractivity contribution >= 4 is 23.2 Å². The van der Waals surface area contributed by atoms with Crippen LogP contribution in [0.3, 0.4) is 0 Å². The van der Waals surface area contributed by atoms with Crippen LogP contribution in [0.1, 0.15) is 28.9 Å². The first-order valence-corrected chi connectivity index (χ1v) is 8.34. The van der Waals surface area contributed by atoms with Crippen molar-refractivity contribution in [3.8, 4) is 11.1 Å². The fraction of sp³-hybridized carbons (Fsp3) is 0.294. The topological polar surface area (TPSA) is 58.2 Å². The molecule has 1 aromatic carbocycles. The molecule has 0 unspecified atom stereocenters. The molecule has 22 heavy (non-hydrogen) atoms. The summed E-state index contributed by atoms with van der Waals surface area (Å²) >= 11 is 1.40. The van der Waals surface area contributed by atoms with E-state index < -0.39 is 6.04 Å². The summed E-state index contributed by atoms with van der Waals surface area (Å²) in [6, 6.07) is 11.4. The first kappa shape index (κ1) is 14.8. The maximum absolute atomic E-state index is 12.3. The summed E-state index contributed by atoms with van der Waals surface area (Å²) in [5, 5.41) is 7.65. The molecule has 2 amide bonds. The molecule has 2 N–H and O–H groups in total. The Kier molecular flexibility index (Phi) is 4.53. The van der Waals surface area contributed by atoms with Crippen LogP contribution in [0.15, 0.2) is 41.8 Å². The molecule has 5 heteroatoms. The van der Waals surface area contributed by atoms with E-state index in [0.29, 0.717) is 17.8 Å². The molecule has 1 saturated heterocycles. The lowest BCUT2D eigenvalue weighted by Crippen LogP contribution is -2.45. The zero-order chi connectivity index (χ0) is 15.4. The highest BCUT2D eigenvalue weighted by atomic mass is 32.1. The molecule has 1 fully saturated rings. The molecule has 1 atom stereocenters. The van der Waals surface area contributed by atoms with Crippen LogP contribution in [0.5, 0.6) is 0 Å². The number of nitrogens with one attached hydrogen (secondary N) is 2. The highest BCUT2D eigenvalue weighted by Gasteiger charge is 2.23. The molecule has 0 saturated carbocycles. The molecule has 3 rings (SSSR count). The van der Waals surface area contributed by atoms with Crippen molar-refractivity contribution < 1.29 is 9.59 Å². The number of benzene rings is 1. The van der Waals surface area contributed by atoms with E-state index in [1.165, 1.54) is 11.3 Å². The Morgan fingerprint density at radius 2 is 2.00 bits per heavy atom. The van der Waals surface area contributed by atoms with Crippen LogP contribution < -0.4 is 10.6 Å². The first-order valence-electron chi connectivity index (χ1n) is 7.46. The highest BCUT2D eigenvalue weighted by Crippen LogP contribution is 2.25. The van der Waals surface area contributed by atoms with E-state index in [4.69, 9.17) is 0 Å². The lowest BCUT2D eigenvalue weighted by Gasteiger charge is -2.14. The Morgan fingerprint density at radius 3 is 2.82 bits per heavy atom. The molecule has 1 aliphatic rings. The number of amides is 2. The van der Waals surface area contributed by atoms with Crippen molar-refractivity contribution in [3.63, 3.8) is 0 Å². The molecule has 1 aliphatic heterocycles. The van der Waals surface area contributed by atoms with E-state index >= 15 is 0 Å². The van der Waals surface area contributed by atoms with Crippen molar-refractivity contribution in [2.75, 3.05) is 6.54 Å². The maximum Gasteiger partial charge on any atom is 0.262 e. The third-order valence-corrected chi connectivity index (χ3v) is 4.70. The van der Waals surface area contributed by atoms with Crippen LogP contribution in [0.2, 0.25) is 0 Å². The zero-order valence-electron chi connectivity index (χ0n) is 12.2. The summed E-state index contributed by atoms with van der Waals surface area (Å²) in [6.45, 7) is 0.697. The van der Waals surface area contributed by atoms with E-state index in [2.05, 4.69) is 10.6 Å². The van der Waals surface area contributed by atoms with Crippen LogP contribution in [0, 0.1) is 0 Å². The van der Waals surface area contributed by atoms with Gasteiger partial charge in [0.2, 0.25) is 5.91 Å². The molecule has 2 heterocycles. The normalized spacial score (nSPS) is 18.4. The molecule has 1 aromatic heterocycles. The highest BCUT2D eigenvalue weighted by molar-refractivity contribution is 7.12. The zero-order valence-corrected chi connectivity index (χ0v) is 13.0. The van der Waals surface area contributed by atoms with Gasteiger partial charge in [0.25, 0.3) is 5.91 Å². The van der Waals surface area contributed by atoms with E-state index in [0.717, 1.165) is 24.0 Å². The first-order chi connectivity index (χ1) is 10.7. The predicted octanol–water partition coefficient (Wildman–Crippen LogP) is 2.81. The summed E-state index contributed by atoms with van der Waals surface area (Å²) in [5.74, 6) is -0.250. The second-order valence-corrected chi connectivity index (χ2v) is 6.29. The maximum atomic E-state index is 12.3. The van der Waals surface area contributed by atoms with E-state index in [9.17, 15) is 9.59 Å². The summed E-state index contributed by atoms with van der Waals surface area (Å²) in [4.78, 5) is 24.9. The molecular weight excluding hydrogens is 296 g/mol. The molecule has 0 bridgehead atoms. The van der Waals surface area contributed by atoms with Crippen LogP contribution in [0.4, 0.5) is 0 Å². The standard InChI is InChI=1S/C17H18N2O2S/c20-16-14(8-4-5-9-18-16)19-17(21)15-10-13(11-22-15)12-6-2-1-3-7-12/h1-3,6-7,10-11,14H,4-5,8-9H2,(H,18,20)(H,19,21)/t14-/m1/s1. The average molecular weight is 314 g/mol. The lowest BCUT2D eigenvalue weighted by molar-refractivity contribution is -0.122. The summed E-state index contributed by atoms with van der Waals surface area (Å²) in [5.41, 5.74) is 2.12. The van der Waals surface area contributed by atoms with Crippen molar-refractivity contribution in [2.24, 2.45) is 0 Å². The van der Waals surface area contributed by atoms with Gasteiger partial charge in [-0.25, -0.2) is 0 Å². The Hall–Kier alpha value is -2.14. The van der Waals surface area contributed by atoms with Crippen LogP contribution in [-0.2, 0) is 4.79 Å². The molecular formula is C17H18N2O2S. The van der Waals surface area contributed by atoms with Gasteiger partial charge in [0.05, 0.1) is 4.88 Å². The van der Waals surface area contributed by atoms with Gasteiger partial charge < -0.3 is 10.6 Å². The third-order valence-electron chi connectivity index (χ3n) is 3.77. The fourth-order valence-corrected chi connectivity index (χ4v) is 3.36. The Bertz CT molecular complexity index is 666. The Morgan fingerprint density at radius 1 is 1.18 bits per heavy atom. The average Bonchev–Trinajstić information content (AvgIpc) is 2.96. The lowest BCUT2D eigenvalue weighted by atomic mass is 10.1. The molecule has 114 valence electrons. The second-order valence-electron chi connectivity index (χ2n) is 5.38. The summed E-state index contributed by atoms with van der Waals surface area (Å²) in [7, 11) is 0. The van der Waals surface area contributed by atoms with Crippen molar-refractivity contribution in [2.45, 2.75) is 25.3 Å². The van der Waals surface area contributed by atoms with Gasteiger partial charge in [0, 0.05) is 6.54 Å². The Balaban J connectivity index is 1.70. The van der Waals surface area contributed by atoms with Gasteiger partial charge in [-0.15, -0.1) is 11.3 Å². The van der Waals surface area contributed by atoms with Gasteiger partial charge in [-0.2, -0.15) is 0 Å². The molecule has 2 aromatic rings. The largest absolute Gasteiger partial charge is 0.354 e. The van der Waals surface area contributed by atoms with Crippen LogP contribution in [-0.4, -0.2) is 24.4 Å². The predicted molar refractivity (Wildman–Crippen MR) is 87.9 cm³/mol. The SMILES string of the molecule is O=C(N[C@@H]1CCCCNC1=O)c1cc(-c2ccccc2)cs1. The van der Waals surface area contributed by atoms with E-state index in [1.807, 2.05) is 41.8 Å². The Labute approximate surface area is 133 Å². The minimum absolute atomic E-state index is 0.0781. The van der Waals surface area contributed by atoms with E-state index in [1.54, 1.807) is 0 Å². The number of rotatable bonds is 3. The number of thiophene rings is 1. The molecule has 0 radical (unpaired) electrons. The molecule has 4 nitrogen and oxygen atoms in total. The fourth-order valence-electron chi connectivity index (χ4n) is 2.54. The minimum atomic E-state index is -0.419. The summed E-state index contributed by atoms with van der Waals surface area (Å²) in [6.07, 6.45) is 2.62. The quantitative estimate of drug-likeness (QED) is 0.915. The van der Waals surface area contributed by atoms with Crippen molar-refractivity contribution in [1.29, 1.82) is 0 Å². The van der Waals surface area contributed by atoms with Gasteiger partial charge >= 0.3 is 0 Å². The minimum Gasteiger partial charge on any atom is -0.354 e.